The zero-order valence-electron chi connectivity index (χ0n) is 17.4. The molecule has 168 valence electrons. The van der Waals surface area contributed by atoms with Crippen LogP contribution in [0.15, 0.2) is 51.7 Å². The minimum Gasteiger partial charge on any atom is -0.468 e. The minimum absolute atomic E-state index is 0.00249. The fourth-order valence-corrected chi connectivity index (χ4v) is 5.44. The first-order valence-electron chi connectivity index (χ1n) is 9.22. The van der Waals surface area contributed by atoms with Gasteiger partial charge in [-0.1, -0.05) is 46.9 Å². The molecule has 0 atom stereocenters. The van der Waals surface area contributed by atoms with Crippen molar-refractivity contribution in [3.05, 3.63) is 59.2 Å². The van der Waals surface area contributed by atoms with Crippen molar-refractivity contribution < 1.29 is 22.7 Å². The number of aromatic nitrogens is 2. The summed E-state index contributed by atoms with van der Waals surface area (Å²) >= 11 is 2.23. The number of esters is 1. The summed E-state index contributed by atoms with van der Waals surface area (Å²) in [5, 5.41) is 10.6. The summed E-state index contributed by atoms with van der Waals surface area (Å²) in [6.45, 7) is 3.56. The molecule has 0 unspecified atom stereocenters. The molecule has 3 rings (SSSR count). The van der Waals surface area contributed by atoms with Crippen LogP contribution in [0.2, 0.25) is 0 Å². The number of rotatable bonds is 8. The molecule has 0 bridgehead atoms. The highest BCUT2D eigenvalue weighted by atomic mass is 32.2. The lowest BCUT2D eigenvalue weighted by atomic mass is 10.1. The molecule has 0 aliphatic carbocycles. The number of nitrogens with zero attached hydrogens (tertiary/aromatic N) is 2. The Hall–Kier alpha value is -2.96. The third-order valence-corrected chi connectivity index (χ3v) is 7.68. The Bertz CT molecular complexity index is 1240. The zero-order valence-corrected chi connectivity index (χ0v) is 19.9. The van der Waals surface area contributed by atoms with Crippen LogP contribution in [0.1, 0.15) is 21.5 Å². The number of anilines is 2. The first-order valence-corrected chi connectivity index (χ1v) is 12.5. The maximum atomic E-state index is 12.9. The Balaban J connectivity index is 1.74. The molecule has 2 aromatic carbocycles. The molecule has 0 fully saturated rings. The van der Waals surface area contributed by atoms with Crippen molar-refractivity contribution in [3.8, 4) is 0 Å². The number of hydrogen-bond donors (Lipinski definition) is 2. The van der Waals surface area contributed by atoms with Gasteiger partial charge in [-0.2, -0.15) is 0 Å². The molecule has 0 spiro atoms. The van der Waals surface area contributed by atoms with Gasteiger partial charge in [0.25, 0.3) is 15.9 Å². The number of aryl methyl sites for hydroxylation is 2. The van der Waals surface area contributed by atoms with Gasteiger partial charge >= 0.3 is 5.97 Å². The molecular formula is C20H20N4O5S3. The molecule has 1 heterocycles. The highest BCUT2D eigenvalue weighted by molar-refractivity contribution is 8.01. The zero-order chi connectivity index (χ0) is 23.3. The molecule has 12 heteroatoms. The largest absolute Gasteiger partial charge is 0.468 e. The predicted molar refractivity (Wildman–Crippen MR) is 124 cm³/mol. The van der Waals surface area contributed by atoms with E-state index in [1.807, 2.05) is 6.92 Å². The van der Waals surface area contributed by atoms with Gasteiger partial charge in [-0.25, -0.2) is 8.42 Å². The number of ether oxygens (including phenoxy) is 1. The summed E-state index contributed by atoms with van der Waals surface area (Å²) in [6.07, 6.45) is 0. The summed E-state index contributed by atoms with van der Waals surface area (Å²) in [4.78, 5) is 23.9. The number of benzene rings is 2. The lowest BCUT2D eigenvalue weighted by molar-refractivity contribution is -0.137. The van der Waals surface area contributed by atoms with Crippen LogP contribution >= 0.6 is 23.1 Å². The average Bonchev–Trinajstić information content (AvgIpc) is 3.20. The van der Waals surface area contributed by atoms with Gasteiger partial charge in [0.2, 0.25) is 5.13 Å². The Morgan fingerprint density at radius 2 is 1.81 bits per heavy atom. The molecule has 32 heavy (non-hydrogen) atoms. The van der Waals surface area contributed by atoms with Gasteiger partial charge in [-0.15, -0.1) is 10.2 Å². The van der Waals surface area contributed by atoms with E-state index in [1.165, 1.54) is 19.2 Å². The summed E-state index contributed by atoms with van der Waals surface area (Å²) in [7, 11) is -2.61. The SMILES string of the molecule is COC(=O)CSc1nnc(NC(=O)c2ccc(C)c(S(=O)(=O)Nc3ccc(C)cc3)c2)s1. The van der Waals surface area contributed by atoms with E-state index in [1.54, 1.807) is 37.3 Å². The molecule has 9 nitrogen and oxygen atoms in total. The van der Waals surface area contributed by atoms with Crippen LogP contribution in [0.3, 0.4) is 0 Å². The lowest BCUT2D eigenvalue weighted by Gasteiger charge is -2.12. The second kappa shape index (κ2) is 10.1. The average molecular weight is 493 g/mol. The van der Waals surface area contributed by atoms with Crippen molar-refractivity contribution in [1.82, 2.24) is 10.2 Å². The second-order valence-electron chi connectivity index (χ2n) is 6.64. The van der Waals surface area contributed by atoms with Crippen molar-refractivity contribution in [2.75, 3.05) is 22.9 Å². The molecule has 2 N–H and O–H groups in total. The number of carbonyl (C=O) groups is 2. The predicted octanol–water partition coefficient (Wildman–Crippen LogP) is 3.47. The van der Waals surface area contributed by atoms with E-state index in [4.69, 9.17) is 0 Å². The third kappa shape index (κ3) is 6.05. The number of thioether (sulfide) groups is 1. The van der Waals surface area contributed by atoms with Crippen LogP contribution in [-0.4, -0.2) is 43.4 Å². The van der Waals surface area contributed by atoms with Crippen LogP contribution in [0.5, 0.6) is 0 Å². The Labute approximate surface area is 193 Å². The first kappa shape index (κ1) is 23.7. The number of nitrogens with one attached hydrogen (secondary N) is 2. The fourth-order valence-electron chi connectivity index (χ4n) is 2.53. The molecule has 1 aromatic heterocycles. The first-order chi connectivity index (χ1) is 15.2. The molecule has 0 aliphatic rings. The highest BCUT2D eigenvalue weighted by Gasteiger charge is 2.20. The van der Waals surface area contributed by atoms with Crippen LogP contribution in [-0.2, 0) is 19.6 Å². The molecule has 1 amide bonds. The van der Waals surface area contributed by atoms with E-state index in [0.29, 0.717) is 15.6 Å². The Morgan fingerprint density at radius 3 is 2.50 bits per heavy atom. The summed E-state index contributed by atoms with van der Waals surface area (Å²) in [6, 6.07) is 11.4. The molecule has 0 saturated heterocycles. The molecular weight excluding hydrogens is 472 g/mol. The highest BCUT2D eigenvalue weighted by Crippen LogP contribution is 2.26. The van der Waals surface area contributed by atoms with Crippen molar-refractivity contribution in [1.29, 1.82) is 0 Å². The molecule has 0 radical (unpaired) electrons. The van der Waals surface area contributed by atoms with E-state index in [2.05, 4.69) is 25.0 Å². The Kier molecular flexibility index (Phi) is 7.48. The van der Waals surface area contributed by atoms with E-state index in [9.17, 15) is 18.0 Å². The van der Waals surface area contributed by atoms with Gasteiger partial charge < -0.3 is 4.74 Å². The standard InChI is InChI=1S/C20H20N4O5S3/c1-12-4-8-15(9-5-12)24-32(27,28)16-10-14(7-6-13(16)2)18(26)21-19-22-23-20(31-19)30-11-17(25)29-3/h4-10,24H,11H2,1-3H3,(H,21,22,26). The third-order valence-electron chi connectivity index (χ3n) is 4.21. The van der Waals surface area contributed by atoms with E-state index in [0.717, 1.165) is 28.7 Å². The van der Waals surface area contributed by atoms with Crippen molar-refractivity contribution in [2.24, 2.45) is 0 Å². The summed E-state index contributed by atoms with van der Waals surface area (Å²) in [5.74, 6) is -0.854. The van der Waals surface area contributed by atoms with Gasteiger partial charge in [0.1, 0.15) is 0 Å². The molecule has 3 aromatic rings. The van der Waals surface area contributed by atoms with Crippen molar-refractivity contribution in [3.63, 3.8) is 0 Å². The van der Waals surface area contributed by atoms with Crippen LogP contribution in [0, 0.1) is 13.8 Å². The van der Waals surface area contributed by atoms with Crippen LogP contribution in [0.4, 0.5) is 10.8 Å². The van der Waals surface area contributed by atoms with Gasteiger partial charge in [0, 0.05) is 11.3 Å². The van der Waals surface area contributed by atoms with Crippen LogP contribution < -0.4 is 10.0 Å². The lowest BCUT2D eigenvalue weighted by Crippen LogP contribution is -2.17. The number of sulfonamides is 1. The summed E-state index contributed by atoms with van der Waals surface area (Å²) in [5.41, 5.74) is 2.08. The normalized spacial score (nSPS) is 11.1. The van der Waals surface area contributed by atoms with Gasteiger partial charge in [-0.05, 0) is 43.7 Å². The summed E-state index contributed by atoms with van der Waals surface area (Å²) < 4.78 is 33.4. The van der Waals surface area contributed by atoms with E-state index >= 15 is 0 Å². The number of hydrogen-bond acceptors (Lipinski definition) is 9. The smallest absolute Gasteiger partial charge is 0.316 e. The monoisotopic (exact) mass is 492 g/mol. The number of methoxy groups -OCH3 is 1. The van der Waals surface area contributed by atoms with Crippen molar-refractivity contribution >= 4 is 55.8 Å². The number of carbonyl (C=O) groups excluding carboxylic acids is 2. The van der Waals surface area contributed by atoms with Gasteiger partial charge in [0.05, 0.1) is 17.8 Å². The fraction of sp³-hybridized carbons (Fsp3) is 0.200. The maximum Gasteiger partial charge on any atom is 0.316 e. The van der Waals surface area contributed by atoms with Gasteiger partial charge in [-0.3, -0.25) is 19.6 Å². The van der Waals surface area contributed by atoms with E-state index in [-0.39, 0.29) is 21.3 Å². The van der Waals surface area contributed by atoms with E-state index < -0.39 is 21.9 Å². The minimum atomic E-state index is -3.90. The number of amides is 1. The Morgan fingerprint density at radius 1 is 1.09 bits per heavy atom. The van der Waals surface area contributed by atoms with Crippen LogP contribution in [0.25, 0.3) is 0 Å². The maximum absolute atomic E-state index is 12.9. The topological polar surface area (TPSA) is 127 Å². The molecule has 0 aliphatic heterocycles. The van der Waals surface area contributed by atoms with Crippen molar-refractivity contribution in [2.45, 2.75) is 23.1 Å². The second-order valence-corrected chi connectivity index (χ2v) is 10.5. The molecule has 0 saturated carbocycles. The van der Waals surface area contributed by atoms with Gasteiger partial charge in [0.15, 0.2) is 4.34 Å². The quantitative estimate of drug-likeness (QED) is 0.278.